The lowest BCUT2D eigenvalue weighted by atomic mass is 10.1. The van der Waals surface area contributed by atoms with E-state index in [0.717, 1.165) is 12.1 Å². The van der Waals surface area contributed by atoms with Crippen LogP contribution in [-0.4, -0.2) is 0 Å². The molecule has 0 bridgehead atoms. The summed E-state index contributed by atoms with van der Waals surface area (Å²) in [5.41, 5.74) is -0.172. The molecule has 0 amide bonds. The number of halogens is 4. The van der Waals surface area contributed by atoms with Gasteiger partial charge in [0.05, 0.1) is 10.9 Å². The molecule has 0 aliphatic carbocycles. The minimum Gasteiger partial charge on any atom is -0.166 e. The van der Waals surface area contributed by atoms with Gasteiger partial charge in [-0.1, -0.05) is 18.2 Å². The van der Waals surface area contributed by atoms with Crippen molar-refractivity contribution in [3.8, 4) is 0 Å². The first-order chi connectivity index (χ1) is 5.91. The van der Waals surface area contributed by atoms with Gasteiger partial charge in [0.15, 0.2) is 0 Å². The van der Waals surface area contributed by atoms with E-state index in [1.165, 1.54) is 6.07 Å². The van der Waals surface area contributed by atoms with E-state index in [2.05, 4.69) is 0 Å². The van der Waals surface area contributed by atoms with Gasteiger partial charge in [0.1, 0.15) is 0 Å². The standard InChI is InChI=1S/C9H8ClF3/c1-6(10)7-3-2-4-8(5-7)9(11,12)13/h2-6H,1H3/t6-/m1/s1. The summed E-state index contributed by atoms with van der Waals surface area (Å²) in [4.78, 5) is 0. The molecule has 1 atom stereocenters. The Morgan fingerprint density at radius 2 is 1.92 bits per heavy atom. The average Bonchev–Trinajstić information content (AvgIpc) is 2.03. The molecule has 0 heterocycles. The van der Waals surface area contributed by atoms with Crippen LogP contribution in [0.25, 0.3) is 0 Å². The Labute approximate surface area is 79.3 Å². The lowest BCUT2D eigenvalue weighted by molar-refractivity contribution is -0.137. The molecule has 1 aromatic rings. The highest BCUT2D eigenvalue weighted by Gasteiger charge is 2.30. The Hall–Kier alpha value is -0.700. The summed E-state index contributed by atoms with van der Waals surface area (Å²) in [6.07, 6.45) is -4.29. The second-order valence-electron chi connectivity index (χ2n) is 2.74. The molecule has 0 radical (unpaired) electrons. The molecular weight excluding hydrogens is 201 g/mol. The van der Waals surface area contributed by atoms with E-state index in [9.17, 15) is 13.2 Å². The van der Waals surface area contributed by atoms with Gasteiger partial charge in [0, 0.05) is 0 Å². The molecule has 0 saturated heterocycles. The Morgan fingerprint density at radius 1 is 1.31 bits per heavy atom. The van der Waals surface area contributed by atoms with E-state index in [1.807, 2.05) is 0 Å². The lowest BCUT2D eigenvalue weighted by Gasteiger charge is -2.09. The number of hydrogen-bond acceptors (Lipinski definition) is 0. The molecule has 0 unspecified atom stereocenters. The van der Waals surface area contributed by atoms with Crippen molar-refractivity contribution in [3.63, 3.8) is 0 Å². The monoisotopic (exact) mass is 208 g/mol. The maximum absolute atomic E-state index is 12.2. The second kappa shape index (κ2) is 3.58. The van der Waals surface area contributed by atoms with Crippen molar-refractivity contribution in [1.82, 2.24) is 0 Å². The Morgan fingerprint density at radius 3 is 2.38 bits per heavy atom. The summed E-state index contributed by atoms with van der Waals surface area (Å²) >= 11 is 5.66. The van der Waals surface area contributed by atoms with Gasteiger partial charge in [-0.2, -0.15) is 13.2 Å². The molecule has 0 aromatic heterocycles. The maximum atomic E-state index is 12.2. The summed E-state index contributed by atoms with van der Waals surface area (Å²) in [6.45, 7) is 1.64. The van der Waals surface area contributed by atoms with Gasteiger partial charge < -0.3 is 0 Å². The van der Waals surface area contributed by atoms with E-state index >= 15 is 0 Å². The molecule has 0 N–H and O–H groups in total. The first-order valence-electron chi connectivity index (χ1n) is 3.72. The van der Waals surface area contributed by atoms with Crippen molar-refractivity contribution >= 4 is 11.6 Å². The van der Waals surface area contributed by atoms with Crippen LogP contribution < -0.4 is 0 Å². The van der Waals surface area contributed by atoms with Crippen molar-refractivity contribution in [1.29, 1.82) is 0 Å². The summed E-state index contributed by atoms with van der Waals surface area (Å²) in [6, 6.07) is 5.03. The van der Waals surface area contributed by atoms with Crippen LogP contribution in [0.3, 0.4) is 0 Å². The van der Waals surface area contributed by atoms with Crippen LogP contribution in [0.5, 0.6) is 0 Å². The first kappa shape index (κ1) is 10.4. The number of rotatable bonds is 1. The van der Waals surface area contributed by atoms with Crippen molar-refractivity contribution in [2.75, 3.05) is 0 Å². The Kier molecular flexibility index (Phi) is 2.86. The van der Waals surface area contributed by atoms with Gasteiger partial charge in [-0.15, -0.1) is 11.6 Å². The van der Waals surface area contributed by atoms with Crippen molar-refractivity contribution < 1.29 is 13.2 Å². The second-order valence-corrected chi connectivity index (χ2v) is 3.39. The van der Waals surface area contributed by atoms with Gasteiger partial charge in [-0.25, -0.2) is 0 Å². The van der Waals surface area contributed by atoms with E-state index in [4.69, 9.17) is 11.6 Å². The molecule has 0 nitrogen and oxygen atoms in total. The highest BCUT2D eigenvalue weighted by molar-refractivity contribution is 6.20. The van der Waals surface area contributed by atoms with Gasteiger partial charge in [0.2, 0.25) is 0 Å². The van der Waals surface area contributed by atoms with E-state index in [1.54, 1.807) is 13.0 Å². The van der Waals surface area contributed by atoms with Crippen molar-refractivity contribution in [3.05, 3.63) is 35.4 Å². The molecule has 72 valence electrons. The van der Waals surface area contributed by atoms with Crippen molar-refractivity contribution in [2.24, 2.45) is 0 Å². The number of alkyl halides is 4. The zero-order valence-corrected chi connectivity index (χ0v) is 7.65. The van der Waals surface area contributed by atoms with Gasteiger partial charge in [-0.05, 0) is 18.6 Å². The highest BCUT2D eigenvalue weighted by Crippen LogP contribution is 2.31. The molecular formula is C9H8ClF3. The van der Waals surface area contributed by atoms with Gasteiger partial charge in [0.25, 0.3) is 0 Å². The van der Waals surface area contributed by atoms with Crippen LogP contribution in [0.15, 0.2) is 24.3 Å². The van der Waals surface area contributed by atoms with Crippen LogP contribution in [0.2, 0.25) is 0 Å². The number of hydrogen-bond donors (Lipinski definition) is 0. The third-order valence-electron chi connectivity index (χ3n) is 1.67. The Bertz CT molecular complexity index is 291. The summed E-state index contributed by atoms with van der Waals surface area (Å²) < 4.78 is 36.6. The van der Waals surface area contributed by atoms with Crippen molar-refractivity contribution in [2.45, 2.75) is 18.5 Å². The molecule has 1 rings (SSSR count). The molecule has 4 heteroatoms. The molecule has 0 aliphatic heterocycles. The molecule has 0 saturated carbocycles. The normalized spacial score (nSPS) is 14.2. The highest BCUT2D eigenvalue weighted by atomic mass is 35.5. The average molecular weight is 209 g/mol. The quantitative estimate of drug-likeness (QED) is 0.612. The molecule has 0 aliphatic rings. The first-order valence-corrected chi connectivity index (χ1v) is 4.16. The van der Waals surface area contributed by atoms with Crippen LogP contribution >= 0.6 is 11.6 Å². The largest absolute Gasteiger partial charge is 0.416 e. The number of benzene rings is 1. The Balaban J connectivity index is 3.06. The summed E-state index contributed by atoms with van der Waals surface area (Å²) in [7, 11) is 0. The molecule has 13 heavy (non-hydrogen) atoms. The minimum atomic E-state index is -4.29. The fourth-order valence-corrected chi connectivity index (χ4v) is 1.10. The van der Waals surface area contributed by atoms with Crippen LogP contribution in [0.1, 0.15) is 23.4 Å². The van der Waals surface area contributed by atoms with Crippen LogP contribution in [-0.2, 0) is 6.18 Å². The van der Waals surface area contributed by atoms with E-state index < -0.39 is 17.1 Å². The third kappa shape index (κ3) is 2.62. The van der Waals surface area contributed by atoms with Crippen LogP contribution in [0, 0.1) is 0 Å². The smallest absolute Gasteiger partial charge is 0.166 e. The zero-order valence-electron chi connectivity index (χ0n) is 6.90. The maximum Gasteiger partial charge on any atom is 0.416 e. The molecule has 0 spiro atoms. The predicted octanol–water partition coefficient (Wildman–Crippen LogP) is 4.01. The molecule has 0 fully saturated rings. The summed E-state index contributed by atoms with van der Waals surface area (Å²) in [5.74, 6) is 0. The topological polar surface area (TPSA) is 0 Å². The minimum absolute atomic E-state index is 0.401. The lowest BCUT2D eigenvalue weighted by Crippen LogP contribution is -2.05. The van der Waals surface area contributed by atoms with E-state index in [-0.39, 0.29) is 0 Å². The predicted molar refractivity (Wildman–Crippen MR) is 45.7 cm³/mol. The fourth-order valence-electron chi connectivity index (χ4n) is 0.962. The van der Waals surface area contributed by atoms with Gasteiger partial charge >= 0.3 is 6.18 Å². The van der Waals surface area contributed by atoms with Gasteiger partial charge in [-0.3, -0.25) is 0 Å². The third-order valence-corrected chi connectivity index (χ3v) is 1.93. The van der Waals surface area contributed by atoms with Crippen LogP contribution in [0.4, 0.5) is 13.2 Å². The molecule has 1 aromatic carbocycles. The summed E-state index contributed by atoms with van der Waals surface area (Å²) in [5, 5.41) is -0.401. The zero-order chi connectivity index (χ0) is 10.1. The SMILES string of the molecule is C[C@@H](Cl)c1cccc(C(F)(F)F)c1. The fraction of sp³-hybridized carbons (Fsp3) is 0.333. The van der Waals surface area contributed by atoms with E-state index in [0.29, 0.717) is 5.56 Å².